The van der Waals surface area contributed by atoms with Crippen molar-refractivity contribution < 1.29 is 65.7 Å². The van der Waals surface area contributed by atoms with Crippen molar-refractivity contribution in [1.82, 2.24) is 0 Å². The Morgan fingerprint density at radius 2 is 1.85 bits per heavy atom. The molecule has 0 unspecified atom stereocenters. The summed E-state index contributed by atoms with van der Waals surface area (Å²) in [6, 6.07) is 1.74. The van der Waals surface area contributed by atoms with Gasteiger partial charge in [0.25, 0.3) is 0 Å². The molecule has 0 aromatic heterocycles. The summed E-state index contributed by atoms with van der Waals surface area (Å²) in [6.07, 6.45) is 0. The van der Waals surface area contributed by atoms with Gasteiger partial charge in [-0.25, -0.2) is 4.39 Å². The van der Waals surface area contributed by atoms with E-state index in [2.05, 4.69) is 0 Å². The van der Waals surface area contributed by atoms with Crippen LogP contribution in [0.2, 0.25) is 10.0 Å². The van der Waals surface area contributed by atoms with Crippen LogP contribution in [0.15, 0.2) is 12.1 Å². The molecule has 0 amide bonds. The van der Waals surface area contributed by atoms with Gasteiger partial charge in [-0.1, -0.05) is 23.2 Å². The van der Waals surface area contributed by atoms with Crippen LogP contribution in [0, 0.1) is 5.82 Å². The van der Waals surface area contributed by atoms with E-state index in [1.165, 1.54) is 0 Å². The summed E-state index contributed by atoms with van der Waals surface area (Å²) in [5, 5.41) is 9.92. The molecule has 1 aromatic rings. The second-order valence-electron chi connectivity index (χ2n) is 2.03. The van der Waals surface area contributed by atoms with Crippen LogP contribution in [-0.4, -0.2) is 5.97 Å². The number of carboxylic acid groups (broad SMARTS) is 1. The van der Waals surface area contributed by atoms with Crippen LogP contribution >= 0.6 is 23.2 Å². The van der Waals surface area contributed by atoms with E-state index in [4.69, 9.17) is 23.2 Å². The Bertz CT molecular complexity index is 344. The molecule has 0 saturated carbocycles. The third-order valence-corrected chi connectivity index (χ3v) is 1.83. The van der Waals surface area contributed by atoms with Crippen molar-refractivity contribution in [3.63, 3.8) is 0 Å². The van der Waals surface area contributed by atoms with Gasteiger partial charge in [0, 0.05) is 5.56 Å². The molecular formula is C7H2Cl2FKO2. The molecule has 1 rings (SSSR count). The van der Waals surface area contributed by atoms with E-state index in [0.29, 0.717) is 0 Å². The summed E-state index contributed by atoms with van der Waals surface area (Å²) in [7, 11) is 0. The van der Waals surface area contributed by atoms with Crippen molar-refractivity contribution in [2.75, 3.05) is 0 Å². The van der Waals surface area contributed by atoms with Crippen LogP contribution in [0.5, 0.6) is 0 Å². The summed E-state index contributed by atoms with van der Waals surface area (Å²) in [6.45, 7) is 0. The normalized spacial score (nSPS) is 9.15. The van der Waals surface area contributed by atoms with Gasteiger partial charge < -0.3 is 9.90 Å². The minimum absolute atomic E-state index is 0. The first-order valence-electron chi connectivity index (χ1n) is 2.88. The van der Waals surface area contributed by atoms with Gasteiger partial charge in [0.05, 0.1) is 16.0 Å². The topological polar surface area (TPSA) is 40.1 Å². The number of carboxylic acids is 1. The monoisotopic (exact) mass is 246 g/mol. The molecule has 0 spiro atoms. The Hall–Kier alpha value is 0.836. The minimum Gasteiger partial charge on any atom is -0.545 e. The fourth-order valence-electron chi connectivity index (χ4n) is 0.679. The van der Waals surface area contributed by atoms with Gasteiger partial charge in [0.15, 0.2) is 0 Å². The largest absolute Gasteiger partial charge is 1.00 e. The number of hydrogen-bond acceptors (Lipinski definition) is 2. The number of halogens is 3. The maximum Gasteiger partial charge on any atom is 1.00 e. The van der Waals surface area contributed by atoms with Crippen LogP contribution in [0.25, 0.3) is 0 Å². The number of carbonyl (C=O) groups is 1. The molecule has 64 valence electrons. The zero-order valence-corrected chi connectivity index (χ0v) is 11.2. The van der Waals surface area contributed by atoms with Gasteiger partial charge in [-0.05, 0) is 12.1 Å². The molecule has 1 aromatic carbocycles. The molecule has 0 saturated heterocycles. The molecule has 0 heterocycles. The average Bonchev–Trinajstić information content (AvgIpc) is 1.96. The Morgan fingerprint density at radius 1 is 1.31 bits per heavy atom. The molecular weight excluding hydrogens is 245 g/mol. The Labute approximate surface area is 126 Å². The predicted octanol–water partition coefficient (Wildman–Crippen LogP) is -1.50. The van der Waals surface area contributed by atoms with Crippen LogP contribution in [0.3, 0.4) is 0 Å². The zero-order chi connectivity index (χ0) is 9.30. The summed E-state index contributed by atoms with van der Waals surface area (Å²) in [4.78, 5) is 10.3. The molecule has 0 aliphatic rings. The van der Waals surface area contributed by atoms with E-state index in [-0.39, 0.29) is 61.4 Å². The van der Waals surface area contributed by atoms with Gasteiger partial charge in [0.2, 0.25) is 0 Å². The smallest absolute Gasteiger partial charge is 0.545 e. The third kappa shape index (κ3) is 3.47. The summed E-state index contributed by atoms with van der Waals surface area (Å²) in [5.74, 6) is -2.36. The van der Waals surface area contributed by atoms with Crippen LogP contribution in [0.1, 0.15) is 10.4 Å². The van der Waals surface area contributed by atoms with E-state index in [0.717, 1.165) is 12.1 Å². The van der Waals surface area contributed by atoms with Crippen molar-refractivity contribution >= 4 is 29.2 Å². The molecule has 13 heavy (non-hydrogen) atoms. The van der Waals surface area contributed by atoms with E-state index < -0.39 is 17.3 Å². The fourth-order valence-corrected chi connectivity index (χ4v) is 1.14. The molecule has 0 aliphatic carbocycles. The number of carbonyl (C=O) groups excluding carboxylic acids is 1. The molecule has 0 fully saturated rings. The Kier molecular flexibility index (Phi) is 6.02. The maximum atomic E-state index is 12.6. The van der Waals surface area contributed by atoms with Crippen molar-refractivity contribution in [2.45, 2.75) is 0 Å². The molecule has 0 bridgehead atoms. The maximum absolute atomic E-state index is 12.6. The second-order valence-corrected chi connectivity index (χ2v) is 2.85. The minimum atomic E-state index is -1.53. The fraction of sp³-hybridized carbons (Fsp3) is 0. The first-order valence-corrected chi connectivity index (χ1v) is 3.64. The van der Waals surface area contributed by atoms with Gasteiger partial charge in [-0.3, -0.25) is 0 Å². The Balaban J connectivity index is 0.00000144. The second kappa shape index (κ2) is 5.65. The van der Waals surface area contributed by atoms with Crippen molar-refractivity contribution in [1.29, 1.82) is 0 Å². The predicted molar refractivity (Wildman–Crippen MR) is 40.8 cm³/mol. The van der Waals surface area contributed by atoms with Gasteiger partial charge in [0.1, 0.15) is 5.82 Å². The molecule has 0 N–H and O–H groups in total. The number of rotatable bonds is 1. The van der Waals surface area contributed by atoms with E-state index >= 15 is 0 Å². The number of benzene rings is 1. The number of hydrogen-bond donors (Lipinski definition) is 0. The standard InChI is InChI=1S/C7H3Cl2FO2.K/c8-4-2-5(9)6(10)1-3(4)7(11)12;/h1-2H,(H,11,12);/q;+1/p-1. The third-order valence-electron chi connectivity index (χ3n) is 1.23. The van der Waals surface area contributed by atoms with E-state index in [1.54, 1.807) is 0 Å². The van der Waals surface area contributed by atoms with E-state index in [9.17, 15) is 14.3 Å². The zero-order valence-electron chi connectivity index (χ0n) is 6.61. The molecule has 2 nitrogen and oxygen atoms in total. The summed E-state index contributed by atoms with van der Waals surface area (Å²) >= 11 is 10.7. The molecule has 0 aliphatic heterocycles. The molecule has 6 heteroatoms. The first-order chi connectivity index (χ1) is 5.52. The van der Waals surface area contributed by atoms with Crippen molar-refractivity contribution in [2.24, 2.45) is 0 Å². The summed E-state index contributed by atoms with van der Waals surface area (Å²) in [5.41, 5.74) is -0.404. The van der Waals surface area contributed by atoms with Crippen molar-refractivity contribution in [3.8, 4) is 0 Å². The van der Waals surface area contributed by atoms with Gasteiger partial charge in [-0.15, -0.1) is 0 Å². The summed E-state index contributed by atoms with van der Waals surface area (Å²) < 4.78 is 12.6. The van der Waals surface area contributed by atoms with E-state index in [1.807, 2.05) is 0 Å². The van der Waals surface area contributed by atoms with Crippen molar-refractivity contribution in [3.05, 3.63) is 33.6 Å². The van der Waals surface area contributed by atoms with Crippen LogP contribution in [0.4, 0.5) is 4.39 Å². The first kappa shape index (κ1) is 13.8. The Morgan fingerprint density at radius 3 is 2.31 bits per heavy atom. The van der Waals surface area contributed by atoms with Gasteiger partial charge >= 0.3 is 51.4 Å². The average molecular weight is 247 g/mol. The molecule has 0 atom stereocenters. The van der Waals surface area contributed by atoms with Gasteiger partial charge in [-0.2, -0.15) is 0 Å². The van der Waals surface area contributed by atoms with Crippen LogP contribution < -0.4 is 56.5 Å². The molecule has 0 radical (unpaired) electrons. The SMILES string of the molecule is O=C([O-])c1cc(F)c(Cl)cc1Cl.[K+]. The number of aromatic carboxylic acids is 1. The van der Waals surface area contributed by atoms with Crippen LogP contribution in [-0.2, 0) is 0 Å². The quantitative estimate of drug-likeness (QED) is 0.447.